The predicted molar refractivity (Wildman–Crippen MR) is 132 cm³/mol. The first-order valence-corrected chi connectivity index (χ1v) is 12.4. The SMILES string of the molecule is COc1ccc(-c2cc3nc(CN4CCN(Cc5ccc(Cl)s5)CC4)[nH]c(=O)c3s2)cc1. The molecule has 1 N–H and O–H groups in total. The number of nitrogens with zero attached hydrogens (tertiary/aromatic N) is 3. The van der Waals surface area contributed by atoms with Crippen molar-refractivity contribution < 1.29 is 4.74 Å². The molecule has 9 heteroatoms. The Kier molecular flexibility index (Phi) is 6.30. The normalized spacial score (nSPS) is 15.4. The van der Waals surface area contributed by atoms with Gasteiger partial charge in [0.1, 0.15) is 16.3 Å². The van der Waals surface area contributed by atoms with Gasteiger partial charge in [-0.05, 0) is 48.0 Å². The lowest BCUT2D eigenvalue weighted by Gasteiger charge is -2.34. The summed E-state index contributed by atoms with van der Waals surface area (Å²) in [5.74, 6) is 1.53. The minimum atomic E-state index is -0.0667. The molecule has 1 aliphatic heterocycles. The molecule has 4 aromatic rings. The number of hydrogen-bond donors (Lipinski definition) is 1. The van der Waals surface area contributed by atoms with Gasteiger partial charge in [0.15, 0.2) is 0 Å². The smallest absolute Gasteiger partial charge is 0.268 e. The molecule has 1 saturated heterocycles. The summed E-state index contributed by atoms with van der Waals surface area (Å²) in [5.41, 5.74) is 1.74. The van der Waals surface area contributed by atoms with Gasteiger partial charge in [0.25, 0.3) is 5.56 Å². The maximum atomic E-state index is 12.7. The first-order chi connectivity index (χ1) is 15.6. The van der Waals surface area contributed by atoms with Crippen molar-refractivity contribution in [3.8, 4) is 16.2 Å². The zero-order valence-corrected chi connectivity index (χ0v) is 20.0. The number of aromatic amines is 1. The van der Waals surface area contributed by atoms with Crippen LogP contribution in [-0.4, -0.2) is 53.1 Å². The molecule has 1 fully saturated rings. The largest absolute Gasteiger partial charge is 0.497 e. The van der Waals surface area contributed by atoms with Crippen LogP contribution in [0.1, 0.15) is 10.7 Å². The highest BCUT2D eigenvalue weighted by Crippen LogP contribution is 2.32. The topological polar surface area (TPSA) is 61.5 Å². The zero-order chi connectivity index (χ0) is 22.1. The van der Waals surface area contributed by atoms with Crippen LogP contribution in [0.15, 0.2) is 47.3 Å². The van der Waals surface area contributed by atoms with E-state index in [4.69, 9.17) is 21.3 Å². The van der Waals surface area contributed by atoms with Gasteiger partial charge in [-0.15, -0.1) is 22.7 Å². The lowest BCUT2D eigenvalue weighted by Crippen LogP contribution is -2.45. The molecule has 0 aliphatic carbocycles. The van der Waals surface area contributed by atoms with E-state index in [1.165, 1.54) is 16.2 Å². The van der Waals surface area contributed by atoms with Crippen LogP contribution in [0, 0.1) is 0 Å². The summed E-state index contributed by atoms with van der Waals surface area (Å²) < 4.78 is 6.74. The minimum absolute atomic E-state index is 0.0667. The Hall–Kier alpha value is -2.23. The second kappa shape index (κ2) is 9.33. The summed E-state index contributed by atoms with van der Waals surface area (Å²) in [6, 6.07) is 13.9. The van der Waals surface area contributed by atoms with E-state index < -0.39 is 0 Å². The van der Waals surface area contributed by atoms with Crippen molar-refractivity contribution in [1.82, 2.24) is 19.8 Å². The fourth-order valence-corrected chi connectivity index (χ4v) is 6.06. The van der Waals surface area contributed by atoms with Crippen LogP contribution in [0.2, 0.25) is 4.34 Å². The number of halogens is 1. The zero-order valence-electron chi connectivity index (χ0n) is 17.6. The molecule has 1 aromatic carbocycles. The van der Waals surface area contributed by atoms with Crippen molar-refractivity contribution >= 4 is 44.5 Å². The number of piperazine rings is 1. The number of rotatable bonds is 6. The van der Waals surface area contributed by atoms with E-state index in [1.54, 1.807) is 18.4 Å². The van der Waals surface area contributed by atoms with E-state index in [1.807, 2.05) is 36.4 Å². The number of aromatic nitrogens is 2. The average Bonchev–Trinajstić information content (AvgIpc) is 3.41. The number of H-pyrrole nitrogens is 1. The van der Waals surface area contributed by atoms with Crippen LogP contribution in [0.3, 0.4) is 0 Å². The molecule has 0 unspecified atom stereocenters. The number of nitrogens with one attached hydrogen (secondary N) is 1. The van der Waals surface area contributed by atoms with Crippen LogP contribution in [-0.2, 0) is 13.1 Å². The molecule has 0 saturated carbocycles. The maximum Gasteiger partial charge on any atom is 0.268 e. The molecule has 6 nitrogen and oxygen atoms in total. The van der Waals surface area contributed by atoms with E-state index in [9.17, 15) is 4.79 Å². The van der Waals surface area contributed by atoms with Gasteiger partial charge in [-0.3, -0.25) is 14.6 Å². The van der Waals surface area contributed by atoms with E-state index in [-0.39, 0.29) is 5.56 Å². The molecule has 0 amide bonds. The van der Waals surface area contributed by atoms with Gasteiger partial charge in [-0.2, -0.15) is 0 Å². The third kappa shape index (κ3) is 4.74. The molecule has 32 heavy (non-hydrogen) atoms. The van der Waals surface area contributed by atoms with Crippen LogP contribution < -0.4 is 10.3 Å². The van der Waals surface area contributed by atoms with Crippen molar-refractivity contribution in [3.05, 3.63) is 67.9 Å². The van der Waals surface area contributed by atoms with Gasteiger partial charge in [-0.1, -0.05) is 11.6 Å². The quantitative estimate of drug-likeness (QED) is 0.428. The summed E-state index contributed by atoms with van der Waals surface area (Å²) in [6.45, 7) is 5.46. The summed E-state index contributed by atoms with van der Waals surface area (Å²) >= 11 is 9.16. The molecule has 0 radical (unpaired) electrons. The summed E-state index contributed by atoms with van der Waals surface area (Å²) in [6.07, 6.45) is 0. The van der Waals surface area contributed by atoms with Gasteiger partial charge in [0.05, 0.1) is 23.5 Å². The Bertz CT molecular complexity index is 1270. The van der Waals surface area contributed by atoms with E-state index in [2.05, 4.69) is 20.9 Å². The highest BCUT2D eigenvalue weighted by Gasteiger charge is 2.19. The monoisotopic (exact) mass is 486 g/mol. The number of thiophene rings is 2. The van der Waals surface area contributed by atoms with Crippen LogP contribution in [0.5, 0.6) is 5.75 Å². The van der Waals surface area contributed by atoms with Crippen molar-refractivity contribution in [2.24, 2.45) is 0 Å². The summed E-state index contributed by atoms with van der Waals surface area (Å²) in [7, 11) is 1.65. The minimum Gasteiger partial charge on any atom is -0.497 e. The molecule has 3 aromatic heterocycles. The summed E-state index contributed by atoms with van der Waals surface area (Å²) in [5, 5.41) is 0. The second-order valence-electron chi connectivity index (χ2n) is 7.82. The average molecular weight is 487 g/mol. The third-order valence-corrected chi connectivity index (χ3v) is 8.04. The highest BCUT2D eigenvalue weighted by molar-refractivity contribution is 7.22. The van der Waals surface area contributed by atoms with E-state index >= 15 is 0 Å². The number of hydrogen-bond acceptors (Lipinski definition) is 7. The van der Waals surface area contributed by atoms with Crippen molar-refractivity contribution in [1.29, 1.82) is 0 Å². The van der Waals surface area contributed by atoms with Gasteiger partial charge in [0.2, 0.25) is 0 Å². The van der Waals surface area contributed by atoms with E-state index in [0.29, 0.717) is 11.2 Å². The van der Waals surface area contributed by atoms with Gasteiger partial charge in [0, 0.05) is 42.5 Å². The van der Waals surface area contributed by atoms with Crippen molar-refractivity contribution in [2.45, 2.75) is 13.1 Å². The first-order valence-electron chi connectivity index (χ1n) is 10.4. The molecule has 1 aliphatic rings. The standard InChI is InChI=1S/C23H23ClN4O2S2/c1-30-16-4-2-15(3-5-16)19-12-18-22(32-19)23(29)26-21(25-18)14-28-10-8-27(9-11-28)13-17-6-7-20(24)31-17/h2-7,12H,8-11,13-14H2,1H3,(H,25,26,29). The maximum absolute atomic E-state index is 12.7. The molecule has 0 bridgehead atoms. The molecule has 0 atom stereocenters. The molecular formula is C23H23ClN4O2S2. The fraction of sp³-hybridized carbons (Fsp3) is 0.304. The fourth-order valence-electron chi connectivity index (χ4n) is 3.94. The second-order valence-corrected chi connectivity index (χ2v) is 10.7. The van der Waals surface area contributed by atoms with Crippen LogP contribution >= 0.6 is 34.3 Å². The first kappa shape index (κ1) is 21.6. The van der Waals surface area contributed by atoms with Crippen molar-refractivity contribution in [3.63, 3.8) is 0 Å². The molecule has 5 rings (SSSR count). The number of benzene rings is 1. The van der Waals surface area contributed by atoms with Crippen LogP contribution in [0.4, 0.5) is 0 Å². The Morgan fingerprint density at radius 1 is 1.03 bits per heavy atom. The molecule has 166 valence electrons. The molecular weight excluding hydrogens is 464 g/mol. The Morgan fingerprint density at radius 2 is 1.75 bits per heavy atom. The summed E-state index contributed by atoms with van der Waals surface area (Å²) in [4.78, 5) is 27.6. The number of ether oxygens (including phenoxy) is 1. The molecule has 0 spiro atoms. The van der Waals surface area contributed by atoms with Gasteiger partial charge < -0.3 is 9.72 Å². The lowest BCUT2D eigenvalue weighted by atomic mass is 10.2. The Balaban J connectivity index is 1.26. The number of methoxy groups -OCH3 is 1. The lowest BCUT2D eigenvalue weighted by molar-refractivity contribution is 0.120. The highest BCUT2D eigenvalue weighted by atomic mass is 35.5. The van der Waals surface area contributed by atoms with Crippen LogP contribution in [0.25, 0.3) is 20.7 Å². The Labute approximate surface area is 199 Å². The van der Waals surface area contributed by atoms with Gasteiger partial charge >= 0.3 is 0 Å². The third-order valence-electron chi connectivity index (χ3n) is 5.65. The van der Waals surface area contributed by atoms with E-state index in [0.717, 1.165) is 64.6 Å². The predicted octanol–water partition coefficient (Wildman–Crippen LogP) is 4.69. The van der Waals surface area contributed by atoms with Crippen molar-refractivity contribution in [2.75, 3.05) is 33.3 Å². The Morgan fingerprint density at radius 3 is 2.41 bits per heavy atom. The molecule has 4 heterocycles. The van der Waals surface area contributed by atoms with Gasteiger partial charge in [-0.25, -0.2) is 4.98 Å². The number of fused-ring (bicyclic) bond motifs is 1.